The van der Waals surface area contributed by atoms with E-state index in [1.54, 1.807) is 12.1 Å². The third-order valence-corrected chi connectivity index (χ3v) is 8.00. The first-order valence-electron chi connectivity index (χ1n) is 12.1. The summed E-state index contributed by atoms with van der Waals surface area (Å²) in [5, 5.41) is 10.9. The van der Waals surface area contributed by atoms with E-state index in [2.05, 4.69) is 49.4 Å². The van der Waals surface area contributed by atoms with Crippen LogP contribution in [0.25, 0.3) is 0 Å². The molecule has 0 radical (unpaired) electrons. The van der Waals surface area contributed by atoms with Crippen LogP contribution in [0, 0.1) is 0 Å². The molecule has 0 heterocycles. The predicted octanol–water partition coefficient (Wildman–Crippen LogP) is 7.29. The molecule has 2 unspecified atom stereocenters. The summed E-state index contributed by atoms with van der Waals surface area (Å²) >= 11 is 0. The van der Waals surface area contributed by atoms with Crippen molar-refractivity contribution in [3.8, 4) is 5.75 Å². The van der Waals surface area contributed by atoms with E-state index in [1.165, 1.54) is 17.2 Å². The molecule has 2 atom stereocenters. The van der Waals surface area contributed by atoms with Crippen LogP contribution in [0.3, 0.4) is 0 Å². The Balaban J connectivity index is 1.86. The fourth-order valence-electron chi connectivity index (χ4n) is 5.15. The number of phenolic OH excluding ortho intramolecular Hbond substituents is 1. The van der Waals surface area contributed by atoms with Crippen LogP contribution in [-0.2, 0) is 15.5 Å². The van der Waals surface area contributed by atoms with Crippen LogP contribution < -0.4 is 0 Å². The maximum Gasteiger partial charge on any atom is 0.298 e. The zero-order valence-electron chi connectivity index (χ0n) is 20.8. The Bertz CT molecular complexity index is 1430. The molecule has 36 heavy (non-hydrogen) atoms. The lowest BCUT2D eigenvalue weighted by Gasteiger charge is -2.33. The molecule has 4 aromatic rings. The summed E-state index contributed by atoms with van der Waals surface area (Å²) in [6.45, 7) is 6.18. The number of para-hydroxylation sites is 1. The summed E-state index contributed by atoms with van der Waals surface area (Å²) in [7, 11) is -4.56. The highest BCUT2D eigenvalue weighted by atomic mass is 32.2. The highest BCUT2D eigenvalue weighted by Gasteiger charge is 2.33. The summed E-state index contributed by atoms with van der Waals surface area (Å²) < 4.78 is 33.4. The second-order valence-corrected chi connectivity index (χ2v) is 11.2. The molecule has 0 amide bonds. The summed E-state index contributed by atoms with van der Waals surface area (Å²) in [6.07, 6.45) is 0.873. The molecule has 0 bridgehead atoms. The van der Waals surface area contributed by atoms with Gasteiger partial charge in [0.1, 0.15) is 10.6 Å². The smallest absolute Gasteiger partial charge is 0.298 e. The van der Waals surface area contributed by atoms with Crippen molar-refractivity contribution in [1.82, 2.24) is 0 Å². The van der Waals surface area contributed by atoms with Crippen molar-refractivity contribution in [2.45, 2.75) is 49.3 Å². The van der Waals surface area contributed by atoms with E-state index < -0.39 is 26.2 Å². The van der Waals surface area contributed by atoms with Gasteiger partial charge in [0.15, 0.2) is 0 Å². The Morgan fingerprint density at radius 1 is 0.722 bits per heavy atom. The van der Waals surface area contributed by atoms with E-state index in [1.807, 2.05) is 56.3 Å². The van der Waals surface area contributed by atoms with Gasteiger partial charge in [0.25, 0.3) is 10.1 Å². The highest BCUT2D eigenvalue weighted by Crippen LogP contribution is 2.45. The number of rotatable bonds is 8. The first-order valence-corrected chi connectivity index (χ1v) is 13.5. The second-order valence-electron chi connectivity index (χ2n) is 9.85. The van der Waals surface area contributed by atoms with Crippen molar-refractivity contribution >= 4 is 10.1 Å². The molecule has 0 fully saturated rings. The second kappa shape index (κ2) is 10.3. The van der Waals surface area contributed by atoms with E-state index in [4.69, 9.17) is 0 Å². The average Bonchev–Trinajstić information content (AvgIpc) is 2.87. The molecule has 4 aromatic carbocycles. The molecule has 0 aliphatic carbocycles. The number of aromatic hydroxyl groups is 1. The first-order chi connectivity index (χ1) is 17.1. The summed E-state index contributed by atoms with van der Waals surface area (Å²) in [6, 6.07) is 33.5. The van der Waals surface area contributed by atoms with Crippen LogP contribution in [0.5, 0.6) is 5.75 Å². The predicted molar refractivity (Wildman–Crippen MR) is 144 cm³/mol. The lowest BCUT2D eigenvalue weighted by atomic mass is 9.71. The Morgan fingerprint density at radius 2 is 1.25 bits per heavy atom. The number of hydrogen-bond donors (Lipinski definition) is 2. The largest absolute Gasteiger partial charge is 0.506 e. The molecule has 0 aliphatic rings. The fourth-order valence-corrected chi connectivity index (χ4v) is 5.75. The van der Waals surface area contributed by atoms with E-state index in [9.17, 15) is 18.1 Å². The number of phenols is 1. The van der Waals surface area contributed by atoms with Crippen molar-refractivity contribution in [2.24, 2.45) is 0 Å². The fraction of sp³-hybridized carbons (Fsp3) is 0.226. The minimum absolute atomic E-state index is 0.0729. The quantitative estimate of drug-likeness (QED) is 0.249. The van der Waals surface area contributed by atoms with E-state index in [0.29, 0.717) is 11.5 Å². The first kappa shape index (κ1) is 25.7. The van der Waals surface area contributed by atoms with Gasteiger partial charge in [0.05, 0.1) is 0 Å². The topological polar surface area (TPSA) is 74.6 Å². The van der Waals surface area contributed by atoms with Gasteiger partial charge in [-0.15, -0.1) is 0 Å². The van der Waals surface area contributed by atoms with Gasteiger partial charge in [0, 0.05) is 16.9 Å². The van der Waals surface area contributed by atoms with Gasteiger partial charge in [-0.2, -0.15) is 8.42 Å². The number of benzene rings is 4. The Kier molecular flexibility index (Phi) is 7.34. The van der Waals surface area contributed by atoms with Crippen molar-refractivity contribution in [1.29, 1.82) is 0 Å². The minimum Gasteiger partial charge on any atom is -0.506 e. The van der Waals surface area contributed by atoms with E-state index in [-0.39, 0.29) is 5.92 Å². The standard InChI is InChI=1S/C31H32O4S/c1-22(23-13-6-4-7-14-23)21-26(24-15-8-5-9-16-24)25-17-10-11-18-27(25)31(2,3)28-19-12-20-29(30(28)32)36(33,34)35/h4-20,22,26,32H,21H2,1-3H3,(H,33,34,35). The van der Waals surface area contributed by atoms with Crippen LogP contribution in [0.4, 0.5) is 0 Å². The molecule has 0 saturated carbocycles. The van der Waals surface area contributed by atoms with Crippen molar-refractivity contribution in [3.63, 3.8) is 0 Å². The van der Waals surface area contributed by atoms with E-state index >= 15 is 0 Å². The maximum absolute atomic E-state index is 11.9. The zero-order chi connectivity index (χ0) is 25.9. The molecule has 0 spiro atoms. The zero-order valence-corrected chi connectivity index (χ0v) is 21.6. The summed E-state index contributed by atoms with van der Waals surface area (Å²) in [5.41, 5.74) is 4.26. The molecule has 5 heteroatoms. The van der Waals surface area contributed by atoms with Crippen LogP contribution >= 0.6 is 0 Å². The average molecular weight is 501 g/mol. The van der Waals surface area contributed by atoms with Crippen molar-refractivity contribution in [2.75, 3.05) is 0 Å². The lowest BCUT2D eigenvalue weighted by molar-refractivity contribution is 0.426. The van der Waals surface area contributed by atoms with Crippen LogP contribution in [0.2, 0.25) is 0 Å². The van der Waals surface area contributed by atoms with E-state index in [0.717, 1.165) is 17.5 Å². The van der Waals surface area contributed by atoms with Crippen LogP contribution in [0.15, 0.2) is 108 Å². The minimum atomic E-state index is -4.56. The molecular weight excluding hydrogens is 468 g/mol. The highest BCUT2D eigenvalue weighted by molar-refractivity contribution is 7.86. The third-order valence-electron chi connectivity index (χ3n) is 7.12. The molecule has 4 rings (SSSR count). The van der Waals surface area contributed by atoms with Gasteiger partial charge in [-0.25, -0.2) is 0 Å². The third kappa shape index (κ3) is 5.23. The SMILES string of the molecule is CC(CC(c1ccccc1)c1ccccc1C(C)(C)c1cccc(S(=O)(=O)O)c1O)c1ccccc1. The Labute approximate surface area is 214 Å². The summed E-state index contributed by atoms with van der Waals surface area (Å²) in [4.78, 5) is -0.483. The van der Waals surface area contributed by atoms with Crippen molar-refractivity contribution in [3.05, 3.63) is 131 Å². The van der Waals surface area contributed by atoms with Gasteiger partial charge >= 0.3 is 0 Å². The van der Waals surface area contributed by atoms with Gasteiger partial charge in [-0.1, -0.05) is 118 Å². The van der Waals surface area contributed by atoms with Crippen LogP contribution in [0.1, 0.15) is 66.8 Å². The normalized spacial score (nSPS) is 13.8. The Hall–Kier alpha value is -3.41. The molecule has 0 saturated heterocycles. The molecular formula is C31H32O4S. The Morgan fingerprint density at radius 3 is 1.86 bits per heavy atom. The van der Waals surface area contributed by atoms with Gasteiger partial charge in [-0.3, -0.25) is 4.55 Å². The molecule has 2 N–H and O–H groups in total. The molecule has 4 nitrogen and oxygen atoms in total. The number of hydrogen-bond acceptors (Lipinski definition) is 3. The monoisotopic (exact) mass is 500 g/mol. The lowest BCUT2D eigenvalue weighted by Crippen LogP contribution is -2.23. The summed E-state index contributed by atoms with van der Waals surface area (Å²) in [5.74, 6) is -0.0543. The van der Waals surface area contributed by atoms with Gasteiger partial charge < -0.3 is 5.11 Å². The van der Waals surface area contributed by atoms with Gasteiger partial charge in [-0.05, 0) is 40.7 Å². The van der Waals surface area contributed by atoms with Gasteiger partial charge in [0.2, 0.25) is 0 Å². The molecule has 186 valence electrons. The van der Waals surface area contributed by atoms with Crippen LogP contribution in [-0.4, -0.2) is 18.1 Å². The molecule has 0 aliphatic heterocycles. The van der Waals surface area contributed by atoms with Crippen molar-refractivity contribution < 1.29 is 18.1 Å². The molecule has 0 aromatic heterocycles. The maximum atomic E-state index is 11.9.